The maximum Gasteiger partial charge on any atom is 0.225 e. The summed E-state index contributed by atoms with van der Waals surface area (Å²) in [5, 5.41) is 0. The van der Waals surface area contributed by atoms with Crippen molar-refractivity contribution in [2.24, 2.45) is 0 Å². The molecule has 1 saturated carbocycles. The Bertz CT molecular complexity index is 333. The van der Waals surface area contributed by atoms with Gasteiger partial charge in [0.25, 0.3) is 0 Å². The van der Waals surface area contributed by atoms with Gasteiger partial charge in [0.15, 0.2) is 0 Å². The van der Waals surface area contributed by atoms with E-state index in [-0.39, 0.29) is 0 Å². The summed E-state index contributed by atoms with van der Waals surface area (Å²) in [5.41, 5.74) is 0.982. The molecule has 1 aromatic heterocycles. The van der Waals surface area contributed by atoms with Gasteiger partial charge in [0.2, 0.25) is 5.95 Å². The Balaban J connectivity index is 2.10. The van der Waals surface area contributed by atoms with Gasteiger partial charge in [-0.2, -0.15) is 0 Å². The Morgan fingerprint density at radius 2 is 1.88 bits per heavy atom. The van der Waals surface area contributed by atoms with E-state index in [9.17, 15) is 0 Å². The van der Waals surface area contributed by atoms with Crippen LogP contribution in [0.25, 0.3) is 0 Å². The largest absolute Gasteiger partial charge is 0.338 e. The zero-order valence-electron chi connectivity index (χ0n) is 10.4. The molecule has 94 valence electrons. The van der Waals surface area contributed by atoms with Crippen LogP contribution in [-0.4, -0.2) is 22.6 Å². The second kappa shape index (κ2) is 6.20. The highest BCUT2D eigenvalue weighted by Crippen LogP contribution is 2.25. The highest BCUT2D eigenvalue weighted by Gasteiger charge is 2.21. The molecule has 1 aliphatic rings. The standard InChI is InChI=1S/C13H20ClN3/c1-2-17(12-6-4-3-5-7-12)13-15-9-11(8-14)10-16-13/h9-10,12H,2-8H2,1H3. The van der Waals surface area contributed by atoms with Gasteiger partial charge in [-0.25, -0.2) is 9.97 Å². The highest BCUT2D eigenvalue weighted by atomic mass is 35.5. The van der Waals surface area contributed by atoms with Gasteiger partial charge >= 0.3 is 0 Å². The average Bonchev–Trinajstić information content (AvgIpc) is 2.42. The predicted octanol–water partition coefficient (Wildman–Crippen LogP) is 3.37. The number of halogens is 1. The van der Waals surface area contributed by atoms with Gasteiger partial charge in [-0.05, 0) is 19.8 Å². The molecule has 1 heterocycles. The SMILES string of the molecule is CCN(c1ncc(CCl)cn1)C1CCCCC1. The van der Waals surface area contributed by atoms with Crippen molar-refractivity contribution in [1.82, 2.24) is 9.97 Å². The van der Waals surface area contributed by atoms with Crippen molar-refractivity contribution >= 4 is 17.5 Å². The van der Waals surface area contributed by atoms with Gasteiger partial charge in [-0.1, -0.05) is 19.3 Å². The van der Waals surface area contributed by atoms with Crippen LogP contribution >= 0.6 is 11.6 Å². The molecule has 1 aliphatic carbocycles. The van der Waals surface area contributed by atoms with Gasteiger partial charge in [0.05, 0.1) is 5.88 Å². The average molecular weight is 254 g/mol. The van der Waals surface area contributed by atoms with Crippen LogP contribution in [0.2, 0.25) is 0 Å². The second-order valence-electron chi connectivity index (χ2n) is 4.60. The van der Waals surface area contributed by atoms with E-state index in [1.165, 1.54) is 32.1 Å². The van der Waals surface area contributed by atoms with Gasteiger partial charge < -0.3 is 4.90 Å². The Morgan fingerprint density at radius 1 is 1.24 bits per heavy atom. The minimum atomic E-state index is 0.482. The predicted molar refractivity (Wildman–Crippen MR) is 71.5 cm³/mol. The van der Waals surface area contributed by atoms with Crippen molar-refractivity contribution in [3.05, 3.63) is 18.0 Å². The van der Waals surface area contributed by atoms with E-state index < -0.39 is 0 Å². The summed E-state index contributed by atoms with van der Waals surface area (Å²) < 4.78 is 0. The first kappa shape index (κ1) is 12.6. The topological polar surface area (TPSA) is 29.0 Å². The Kier molecular flexibility index (Phi) is 4.60. The third-order valence-corrected chi connectivity index (χ3v) is 3.77. The molecule has 0 radical (unpaired) electrons. The second-order valence-corrected chi connectivity index (χ2v) is 4.87. The lowest BCUT2D eigenvalue weighted by Crippen LogP contribution is -2.37. The van der Waals surface area contributed by atoms with Crippen molar-refractivity contribution in [3.63, 3.8) is 0 Å². The fourth-order valence-corrected chi connectivity index (χ4v) is 2.66. The van der Waals surface area contributed by atoms with Crippen LogP contribution < -0.4 is 4.90 Å². The molecule has 0 bridgehead atoms. The lowest BCUT2D eigenvalue weighted by molar-refractivity contribution is 0.414. The molecule has 2 rings (SSSR count). The summed E-state index contributed by atoms with van der Waals surface area (Å²) in [6.45, 7) is 3.15. The van der Waals surface area contributed by atoms with E-state index in [0.717, 1.165) is 18.1 Å². The number of alkyl halides is 1. The molecule has 0 atom stereocenters. The number of anilines is 1. The van der Waals surface area contributed by atoms with Gasteiger partial charge in [0.1, 0.15) is 0 Å². The van der Waals surface area contributed by atoms with Crippen LogP contribution in [0.5, 0.6) is 0 Å². The number of hydrogen-bond donors (Lipinski definition) is 0. The number of rotatable bonds is 4. The van der Waals surface area contributed by atoms with E-state index in [1.807, 2.05) is 12.4 Å². The van der Waals surface area contributed by atoms with Crippen LogP contribution in [-0.2, 0) is 5.88 Å². The van der Waals surface area contributed by atoms with E-state index in [4.69, 9.17) is 11.6 Å². The monoisotopic (exact) mass is 253 g/mol. The third kappa shape index (κ3) is 3.09. The summed E-state index contributed by atoms with van der Waals surface area (Å²) in [6.07, 6.45) is 10.3. The molecule has 1 fully saturated rings. The zero-order chi connectivity index (χ0) is 12.1. The van der Waals surface area contributed by atoms with Crippen molar-refractivity contribution < 1.29 is 0 Å². The molecule has 0 unspecified atom stereocenters. The first-order chi connectivity index (χ1) is 8.35. The molecule has 17 heavy (non-hydrogen) atoms. The fraction of sp³-hybridized carbons (Fsp3) is 0.692. The molecule has 1 aromatic rings. The summed E-state index contributed by atoms with van der Waals surface area (Å²) in [6, 6.07) is 0.621. The molecular weight excluding hydrogens is 234 g/mol. The highest BCUT2D eigenvalue weighted by molar-refractivity contribution is 6.17. The number of nitrogens with zero attached hydrogens (tertiary/aromatic N) is 3. The number of hydrogen-bond acceptors (Lipinski definition) is 3. The molecule has 0 aromatic carbocycles. The zero-order valence-corrected chi connectivity index (χ0v) is 11.2. The molecule has 0 N–H and O–H groups in total. The summed E-state index contributed by atoms with van der Waals surface area (Å²) in [7, 11) is 0. The maximum absolute atomic E-state index is 5.75. The van der Waals surface area contributed by atoms with Gasteiger partial charge in [0, 0.05) is 30.5 Å². The van der Waals surface area contributed by atoms with Gasteiger partial charge in [-0.3, -0.25) is 0 Å². The molecule has 0 spiro atoms. The van der Waals surface area contributed by atoms with Crippen molar-refractivity contribution in [2.75, 3.05) is 11.4 Å². The van der Waals surface area contributed by atoms with Gasteiger partial charge in [-0.15, -0.1) is 11.6 Å². The number of aromatic nitrogens is 2. The van der Waals surface area contributed by atoms with Crippen LogP contribution in [0.3, 0.4) is 0 Å². The quantitative estimate of drug-likeness (QED) is 0.771. The van der Waals surface area contributed by atoms with E-state index in [0.29, 0.717) is 11.9 Å². The fourth-order valence-electron chi connectivity index (χ4n) is 2.52. The molecule has 0 amide bonds. The van der Waals surface area contributed by atoms with Crippen LogP contribution in [0.1, 0.15) is 44.6 Å². The molecule has 3 nitrogen and oxygen atoms in total. The lowest BCUT2D eigenvalue weighted by atomic mass is 9.94. The van der Waals surface area contributed by atoms with Crippen molar-refractivity contribution in [1.29, 1.82) is 0 Å². The van der Waals surface area contributed by atoms with Crippen LogP contribution in [0.15, 0.2) is 12.4 Å². The Morgan fingerprint density at radius 3 is 2.41 bits per heavy atom. The smallest absolute Gasteiger partial charge is 0.225 e. The molecule has 0 aliphatic heterocycles. The van der Waals surface area contributed by atoms with E-state index in [1.54, 1.807) is 0 Å². The summed E-state index contributed by atoms with van der Waals surface area (Å²) in [4.78, 5) is 11.2. The lowest BCUT2D eigenvalue weighted by Gasteiger charge is -2.33. The minimum absolute atomic E-state index is 0.482. The first-order valence-corrected chi connectivity index (χ1v) is 7.02. The molecule has 0 saturated heterocycles. The summed E-state index contributed by atoms with van der Waals surface area (Å²) >= 11 is 5.75. The maximum atomic E-state index is 5.75. The summed E-state index contributed by atoms with van der Waals surface area (Å²) in [5.74, 6) is 1.34. The van der Waals surface area contributed by atoms with Crippen LogP contribution in [0.4, 0.5) is 5.95 Å². The van der Waals surface area contributed by atoms with E-state index >= 15 is 0 Å². The normalized spacial score (nSPS) is 17.1. The van der Waals surface area contributed by atoms with Crippen molar-refractivity contribution in [2.45, 2.75) is 50.9 Å². The molecule has 4 heteroatoms. The van der Waals surface area contributed by atoms with E-state index in [2.05, 4.69) is 21.8 Å². The minimum Gasteiger partial charge on any atom is -0.338 e. The van der Waals surface area contributed by atoms with Crippen molar-refractivity contribution in [3.8, 4) is 0 Å². The van der Waals surface area contributed by atoms with Crippen LogP contribution in [0, 0.1) is 0 Å². The Labute approximate surface area is 108 Å². The third-order valence-electron chi connectivity index (χ3n) is 3.46. The molecular formula is C13H20ClN3. The Hall–Kier alpha value is -0.830. The first-order valence-electron chi connectivity index (χ1n) is 6.48.